The van der Waals surface area contributed by atoms with Crippen molar-refractivity contribution in [2.24, 2.45) is 5.73 Å². The smallest absolute Gasteiger partial charge is 0.337 e. The molecule has 0 unspecified atom stereocenters. The highest BCUT2D eigenvalue weighted by molar-refractivity contribution is 5.90. The van der Waals surface area contributed by atoms with Crippen molar-refractivity contribution < 1.29 is 19.5 Å². The Hall–Kier alpha value is -1.63. The average molecular weight is 294 g/mol. The predicted octanol–water partition coefficient (Wildman–Crippen LogP) is 1.08. The van der Waals surface area contributed by atoms with Gasteiger partial charge in [-0.15, -0.1) is 0 Å². The zero-order valence-corrected chi connectivity index (χ0v) is 12.6. The summed E-state index contributed by atoms with van der Waals surface area (Å²) in [5.74, 6) is -0.401. The zero-order valence-electron chi connectivity index (χ0n) is 12.6. The van der Waals surface area contributed by atoms with Crippen molar-refractivity contribution in [1.29, 1.82) is 0 Å². The van der Waals surface area contributed by atoms with Gasteiger partial charge in [0.15, 0.2) is 0 Å². The molecule has 1 saturated carbocycles. The van der Waals surface area contributed by atoms with Crippen molar-refractivity contribution in [3.63, 3.8) is 0 Å². The fraction of sp³-hybridized carbons (Fsp3) is 0.533. The molecule has 1 aromatic rings. The van der Waals surface area contributed by atoms with Crippen LogP contribution in [0.5, 0.6) is 0 Å². The Balaban J connectivity index is 2.13. The molecule has 0 bridgehead atoms. The maximum atomic E-state index is 11.6. The molecule has 0 aliphatic heterocycles. The quantitative estimate of drug-likeness (QED) is 0.624. The molecule has 0 heterocycles. The number of rotatable bonds is 5. The van der Waals surface area contributed by atoms with Crippen LogP contribution in [-0.2, 0) is 9.57 Å². The second kappa shape index (κ2) is 5.63. The molecule has 1 fully saturated rings. The fourth-order valence-electron chi connectivity index (χ4n) is 3.03. The van der Waals surface area contributed by atoms with Gasteiger partial charge in [0.05, 0.1) is 37.6 Å². The minimum Gasteiger partial charge on any atom is -0.465 e. The molecule has 6 heteroatoms. The van der Waals surface area contributed by atoms with Crippen molar-refractivity contribution in [2.45, 2.75) is 30.9 Å². The third kappa shape index (κ3) is 3.53. The van der Waals surface area contributed by atoms with Gasteiger partial charge in [0.1, 0.15) is 0 Å². The first-order valence-corrected chi connectivity index (χ1v) is 6.80. The van der Waals surface area contributed by atoms with Crippen LogP contribution in [-0.4, -0.2) is 43.0 Å². The highest BCUT2D eigenvalue weighted by Gasteiger charge is 2.49. The average Bonchev–Trinajstić information content (AvgIpc) is 2.41. The lowest BCUT2D eigenvalue weighted by Crippen LogP contribution is -2.65. The Labute approximate surface area is 124 Å². The van der Waals surface area contributed by atoms with Gasteiger partial charge in [-0.25, -0.2) is 4.79 Å². The number of aliphatic hydroxyl groups is 1. The van der Waals surface area contributed by atoms with Crippen molar-refractivity contribution in [3.05, 3.63) is 29.8 Å². The predicted molar refractivity (Wildman–Crippen MR) is 78.9 cm³/mol. The third-order valence-electron chi connectivity index (χ3n) is 3.70. The van der Waals surface area contributed by atoms with E-state index in [0.29, 0.717) is 24.9 Å². The number of anilines is 1. The van der Waals surface area contributed by atoms with Gasteiger partial charge >= 0.3 is 5.97 Å². The van der Waals surface area contributed by atoms with E-state index in [1.165, 1.54) is 7.11 Å². The molecule has 2 rings (SSSR count). The number of carbonyl (C=O) groups excluding carboxylic acids is 1. The first-order valence-electron chi connectivity index (χ1n) is 6.80. The Morgan fingerprint density at radius 3 is 2.62 bits per heavy atom. The Kier molecular flexibility index (Phi) is 4.22. The number of carbonyl (C=O) groups is 1. The van der Waals surface area contributed by atoms with E-state index in [-0.39, 0.29) is 0 Å². The van der Waals surface area contributed by atoms with Crippen molar-refractivity contribution in [3.8, 4) is 0 Å². The molecule has 6 nitrogen and oxygen atoms in total. The number of hydroxylamine groups is 1. The first-order chi connectivity index (χ1) is 9.78. The fourth-order valence-corrected chi connectivity index (χ4v) is 3.03. The van der Waals surface area contributed by atoms with E-state index in [4.69, 9.17) is 15.3 Å². The van der Waals surface area contributed by atoms with E-state index in [1.54, 1.807) is 37.3 Å². The van der Waals surface area contributed by atoms with Crippen LogP contribution in [0.3, 0.4) is 0 Å². The van der Waals surface area contributed by atoms with Crippen LogP contribution in [0.25, 0.3) is 0 Å². The summed E-state index contributed by atoms with van der Waals surface area (Å²) in [6, 6.07) is 6.95. The molecule has 1 aliphatic rings. The minimum atomic E-state index is -0.706. The summed E-state index contributed by atoms with van der Waals surface area (Å²) in [6.45, 7) is 2.21. The number of nitrogens with zero attached hydrogens (tertiary/aromatic N) is 1. The number of hydrogen-bond donors (Lipinski definition) is 2. The van der Waals surface area contributed by atoms with E-state index in [2.05, 4.69) is 0 Å². The van der Waals surface area contributed by atoms with Gasteiger partial charge < -0.3 is 15.6 Å². The second-order valence-electron chi connectivity index (χ2n) is 5.97. The summed E-state index contributed by atoms with van der Waals surface area (Å²) >= 11 is 0. The molecule has 116 valence electrons. The van der Waals surface area contributed by atoms with E-state index in [0.717, 1.165) is 5.69 Å². The van der Waals surface area contributed by atoms with Crippen molar-refractivity contribution in [1.82, 2.24) is 0 Å². The largest absolute Gasteiger partial charge is 0.465 e. The summed E-state index contributed by atoms with van der Waals surface area (Å²) < 4.78 is 4.71. The molecule has 1 aromatic carbocycles. The number of methoxy groups -OCH3 is 1. The third-order valence-corrected chi connectivity index (χ3v) is 3.70. The van der Waals surface area contributed by atoms with E-state index in [1.807, 2.05) is 6.07 Å². The molecular formula is C15H22N2O4. The summed E-state index contributed by atoms with van der Waals surface area (Å²) in [6.07, 6.45) is 1.02. The van der Waals surface area contributed by atoms with Crippen LogP contribution < -0.4 is 10.8 Å². The topological polar surface area (TPSA) is 85.0 Å². The van der Waals surface area contributed by atoms with Crippen molar-refractivity contribution >= 4 is 11.7 Å². The van der Waals surface area contributed by atoms with E-state index >= 15 is 0 Å². The van der Waals surface area contributed by atoms with Gasteiger partial charge in [-0.05, 0) is 38.0 Å². The summed E-state index contributed by atoms with van der Waals surface area (Å²) in [5, 5.41) is 11.5. The molecule has 0 saturated heterocycles. The molecule has 0 spiro atoms. The zero-order chi connectivity index (χ0) is 15.7. The molecular weight excluding hydrogens is 272 g/mol. The Bertz CT molecular complexity index is 522. The molecule has 1 aliphatic carbocycles. The van der Waals surface area contributed by atoms with Gasteiger partial charge in [0, 0.05) is 5.54 Å². The molecule has 3 N–H and O–H groups in total. The number of benzene rings is 1. The maximum absolute atomic E-state index is 11.6. The van der Waals surface area contributed by atoms with Gasteiger partial charge in [0.2, 0.25) is 0 Å². The highest BCUT2D eigenvalue weighted by Crippen LogP contribution is 2.40. The number of ether oxygens (including phenoxy) is 1. The molecule has 0 atom stereocenters. The molecule has 0 radical (unpaired) electrons. The second-order valence-corrected chi connectivity index (χ2v) is 5.97. The van der Waals surface area contributed by atoms with Crippen LogP contribution in [0.15, 0.2) is 24.3 Å². The van der Waals surface area contributed by atoms with E-state index in [9.17, 15) is 9.90 Å². The number of esters is 1. The Morgan fingerprint density at radius 1 is 1.43 bits per heavy atom. The van der Waals surface area contributed by atoms with Gasteiger partial charge in [-0.1, -0.05) is 6.07 Å². The molecule has 0 aromatic heterocycles. The Morgan fingerprint density at radius 2 is 2.10 bits per heavy atom. The van der Waals surface area contributed by atoms with Crippen LogP contribution in [0.2, 0.25) is 0 Å². The molecule has 0 amide bonds. The van der Waals surface area contributed by atoms with Crippen molar-refractivity contribution in [2.75, 3.05) is 25.8 Å². The van der Waals surface area contributed by atoms with Crippen LogP contribution in [0.4, 0.5) is 5.69 Å². The SMILES string of the molecule is COC(=O)c1cccc(N(CC2(N)CC(C)(O)C2)OC)c1. The lowest BCUT2D eigenvalue weighted by Gasteiger charge is -2.50. The molecule has 21 heavy (non-hydrogen) atoms. The van der Waals surface area contributed by atoms with Crippen LogP contribution in [0.1, 0.15) is 30.1 Å². The normalized spacial score (nSPS) is 27.9. The van der Waals surface area contributed by atoms with Gasteiger partial charge in [0.25, 0.3) is 0 Å². The van der Waals surface area contributed by atoms with Gasteiger partial charge in [-0.2, -0.15) is 0 Å². The summed E-state index contributed by atoms with van der Waals surface area (Å²) in [4.78, 5) is 16.9. The van der Waals surface area contributed by atoms with Crippen LogP contribution in [0, 0.1) is 0 Å². The lowest BCUT2D eigenvalue weighted by atomic mass is 9.66. The summed E-state index contributed by atoms with van der Waals surface area (Å²) in [7, 11) is 2.89. The summed E-state index contributed by atoms with van der Waals surface area (Å²) in [5.41, 5.74) is 6.20. The maximum Gasteiger partial charge on any atom is 0.337 e. The first kappa shape index (κ1) is 15.8. The standard InChI is InChI=1S/C15H22N2O4/c1-14(19)8-15(16,9-14)10-17(21-3)12-6-4-5-11(7-12)13(18)20-2/h4-7,19H,8-10,16H2,1-3H3. The van der Waals surface area contributed by atoms with E-state index < -0.39 is 17.1 Å². The number of nitrogens with two attached hydrogens (primary N) is 1. The monoisotopic (exact) mass is 294 g/mol. The minimum absolute atomic E-state index is 0.401. The van der Waals surface area contributed by atoms with Gasteiger partial charge in [-0.3, -0.25) is 9.90 Å². The number of hydrogen-bond acceptors (Lipinski definition) is 6. The van der Waals surface area contributed by atoms with Crippen LogP contribution >= 0.6 is 0 Å². The highest BCUT2D eigenvalue weighted by atomic mass is 16.7. The lowest BCUT2D eigenvalue weighted by molar-refractivity contribution is -0.0741.